The summed E-state index contributed by atoms with van der Waals surface area (Å²) in [7, 11) is -2.52. The predicted octanol–water partition coefficient (Wildman–Crippen LogP) is 6.28. The van der Waals surface area contributed by atoms with Gasteiger partial charge in [0, 0.05) is 23.5 Å². The first-order valence-corrected chi connectivity index (χ1v) is 12.2. The van der Waals surface area contributed by atoms with Crippen molar-refractivity contribution in [1.82, 2.24) is 9.38 Å². The van der Waals surface area contributed by atoms with Crippen LogP contribution in [0.3, 0.4) is 0 Å². The van der Waals surface area contributed by atoms with Crippen LogP contribution in [0.2, 0.25) is 0 Å². The minimum absolute atomic E-state index is 0.757. The topological polar surface area (TPSA) is 60.7 Å². The van der Waals surface area contributed by atoms with Crippen molar-refractivity contribution >= 4 is 21.8 Å². The van der Waals surface area contributed by atoms with Crippen LogP contribution in [0.5, 0.6) is 0 Å². The van der Waals surface area contributed by atoms with Gasteiger partial charge >= 0.3 is 0 Å². The summed E-state index contributed by atoms with van der Waals surface area (Å²) >= 11 is 0. The van der Waals surface area contributed by atoms with E-state index in [0.717, 1.165) is 57.2 Å². The molecule has 5 rings (SSSR count). The summed E-state index contributed by atoms with van der Waals surface area (Å²) in [6.45, 7) is 0. The van der Waals surface area contributed by atoms with E-state index in [1.165, 1.54) is 6.08 Å². The molecule has 0 N–H and O–H groups in total. The number of pyridine rings is 1. The second-order valence-electron chi connectivity index (χ2n) is 7.82. The molecule has 0 aliphatic rings. The molecule has 2 aromatic heterocycles. The highest BCUT2D eigenvalue weighted by Crippen LogP contribution is 2.32. The Kier molecular flexibility index (Phi) is 5.84. The summed E-state index contributed by atoms with van der Waals surface area (Å²) in [5.41, 5.74) is 7.73. The highest BCUT2D eigenvalue weighted by molar-refractivity contribution is 7.89. The molecule has 34 heavy (non-hydrogen) atoms. The Hall–Kier alpha value is -4.00. The molecule has 6 heteroatoms. The monoisotopic (exact) mass is 466 g/mol. The molecule has 0 bridgehead atoms. The average molecular weight is 467 g/mol. The Balaban J connectivity index is 1.63. The van der Waals surface area contributed by atoms with E-state index >= 15 is 0 Å². The maximum Gasteiger partial charge on any atom is 0.289 e. The number of hydrogen-bond donors (Lipinski definition) is 0. The fourth-order valence-electron chi connectivity index (χ4n) is 3.84. The summed E-state index contributed by atoms with van der Waals surface area (Å²) < 4.78 is 29.7. The Labute approximate surface area is 198 Å². The first kappa shape index (κ1) is 21.8. The lowest BCUT2D eigenvalue weighted by Gasteiger charge is -2.09. The van der Waals surface area contributed by atoms with Gasteiger partial charge in [-0.3, -0.25) is 4.18 Å². The van der Waals surface area contributed by atoms with Gasteiger partial charge < -0.3 is 4.40 Å². The minimum Gasteiger partial charge on any atom is -0.305 e. The second kappa shape index (κ2) is 9.09. The third-order valence-corrected chi connectivity index (χ3v) is 6.54. The minimum atomic E-state index is -3.66. The molecular weight excluding hydrogens is 444 g/mol. The highest BCUT2D eigenvalue weighted by Gasteiger charge is 2.13. The fourth-order valence-corrected chi connectivity index (χ4v) is 4.27. The summed E-state index contributed by atoms with van der Waals surface area (Å²) in [4.78, 5) is 4.95. The zero-order valence-corrected chi connectivity index (χ0v) is 19.3. The lowest BCUT2D eigenvalue weighted by molar-refractivity contribution is 0.406. The van der Waals surface area contributed by atoms with Crippen LogP contribution in [0.1, 0.15) is 5.56 Å². The van der Waals surface area contributed by atoms with Gasteiger partial charge in [-0.15, -0.1) is 0 Å². The van der Waals surface area contributed by atoms with Gasteiger partial charge in [-0.2, -0.15) is 8.42 Å². The maximum absolute atomic E-state index is 11.6. The molecule has 0 aliphatic carbocycles. The zero-order chi connectivity index (χ0) is 23.5. The number of fused-ring (bicyclic) bond motifs is 1. The van der Waals surface area contributed by atoms with Gasteiger partial charge in [-0.25, -0.2) is 4.98 Å². The molecule has 0 saturated carbocycles. The van der Waals surface area contributed by atoms with Crippen molar-refractivity contribution < 1.29 is 12.6 Å². The molecule has 0 atom stereocenters. The summed E-state index contributed by atoms with van der Waals surface area (Å²) in [5, 5.41) is 1.05. The molecule has 5 nitrogen and oxygen atoms in total. The van der Waals surface area contributed by atoms with Crippen LogP contribution in [-0.2, 0) is 14.3 Å². The molecule has 0 saturated heterocycles. The number of hydrogen-bond acceptors (Lipinski definition) is 4. The summed E-state index contributed by atoms with van der Waals surface area (Å²) in [6.07, 6.45) is 5.66. The Morgan fingerprint density at radius 3 is 2.06 bits per heavy atom. The van der Waals surface area contributed by atoms with E-state index in [4.69, 9.17) is 4.98 Å². The highest BCUT2D eigenvalue weighted by atomic mass is 32.2. The first-order valence-electron chi connectivity index (χ1n) is 10.8. The number of rotatable bonds is 6. The van der Waals surface area contributed by atoms with Crippen molar-refractivity contribution in [3.8, 4) is 33.5 Å². The van der Waals surface area contributed by atoms with Crippen LogP contribution in [-0.4, -0.2) is 24.9 Å². The van der Waals surface area contributed by atoms with E-state index in [2.05, 4.69) is 45.1 Å². The molecule has 168 valence electrons. The van der Waals surface area contributed by atoms with Crippen LogP contribution in [0, 0.1) is 0 Å². The Bertz CT molecular complexity index is 1570. The quantitative estimate of drug-likeness (QED) is 0.276. The van der Waals surface area contributed by atoms with Gasteiger partial charge in [0.1, 0.15) is 5.65 Å². The van der Waals surface area contributed by atoms with E-state index in [9.17, 15) is 8.42 Å². The van der Waals surface area contributed by atoms with Crippen LogP contribution >= 0.6 is 0 Å². The molecule has 0 amide bonds. The second-order valence-corrected chi connectivity index (χ2v) is 9.41. The number of aromatic nitrogens is 2. The number of imidazole rings is 1. The lowest BCUT2D eigenvalue weighted by atomic mass is 10.0. The lowest BCUT2D eigenvalue weighted by Crippen LogP contribution is -1.95. The molecule has 0 radical (unpaired) electrons. The molecule has 0 spiro atoms. The van der Waals surface area contributed by atoms with Crippen LogP contribution in [0.4, 0.5) is 0 Å². The van der Waals surface area contributed by atoms with Crippen molar-refractivity contribution in [2.24, 2.45) is 0 Å². The van der Waals surface area contributed by atoms with E-state index in [1.54, 1.807) is 0 Å². The van der Waals surface area contributed by atoms with Gasteiger partial charge in [0.15, 0.2) is 0 Å². The Morgan fingerprint density at radius 1 is 0.765 bits per heavy atom. The molecular formula is C28H22N2O3S. The van der Waals surface area contributed by atoms with Gasteiger partial charge in [-0.05, 0) is 34.4 Å². The Morgan fingerprint density at radius 2 is 1.41 bits per heavy atom. The largest absolute Gasteiger partial charge is 0.305 e. The van der Waals surface area contributed by atoms with Gasteiger partial charge in [0.25, 0.3) is 10.1 Å². The molecule has 3 aromatic carbocycles. The molecule has 0 fully saturated rings. The van der Waals surface area contributed by atoms with Crippen molar-refractivity contribution in [3.63, 3.8) is 0 Å². The number of benzene rings is 3. The van der Waals surface area contributed by atoms with Gasteiger partial charge in [0.2, 0.25) is 0 Å². The predicted molar refractivity (Wildman–Crippen MR) is 136 cm³/mol. The number of nitrogens with zero attached hydrogens (tertiary/aromatic N) is 2. The normalized spacial score (nSPS) is 11.9. The van der Waals surface area contributed by atoms with Crippen LogP contribution < -0.4 is 0 Å². The van der Waals surface area contributed by atoms with E-state index < -0.39 is 10.1 Å². The van der Waals surface area contributed by atoms with Crippen molar-refractivity contribution in [2.45, 2.75) is 0 Å². The molecule has 2 heterocycles. The molecule has 0 aliphatic heterocycles. The van der Waals surface area contributed by atoms with Crippen molar-refractivity contribution in [1.29, 1.82) is 0 Å². The van der Waals surface area contributed by atoms with Crippen molar-refractivity contribution in [2.75, 3.05) is 7.11 Å². The van der Waals surface area contributed by atoms with E-state index in [1.807, 2.05) is 66.9 Å². The van der Waals surface area contributed by atoms with Gasteiger partial charge in [0.05, 0.1) is 18.2 Å². The molecule has 0 unspecified atom stereocenters. The van der Waals surface area contributed by atoms with Crippen LogP contribution in [0.25, 0.3) is 45.2 Å². The third-order valence-electron chi connectivity index (χ3n) is 5.61. The first-order chi connectivity index (χ1) is 16.5. The summed E-state index contributed by atoms with van der Waals surface area (Å²) in [5.74, 6) is 0. The SMILES string of the molecule is COS(=O)(=O)C=Cc1ccc(-c2cc(-c3ccccc3)cn3cc(-c4ccccc4)nc23)cc1. The van der Waals surface area contributed by atoms with E-state index in [-0.39, 0.29) is 0 Å². The van der Waals surface area contributed by atoms with Gasteiger partial charge in [-0.1, -0.05) is 84.9 Å². The third kappa shape index (κ3) is 4.55. The van der Waals surface area contributed by atoms with E-state index in [0.29, 0.717) is 0 Å². The summed E-state index contributed by atoms with van der Waals surface area (Å²) in [6, 6.07) is 30.2. The zero-order valence-electron chi connectivity index (χ0n) is 18.5. The average Bonchev–Trinajstić information content (AvgIpc) is 3.33. The maximum atomic E-state index is 11.6. The standard InChI is InChI=1S/C28H22N2O3S/c1-33-34(31,32)17-16-21-12-14-23(15-13-21)26-18-25(22-8-4-2-5-9-22)19-30-20-27(29-28(26)30)24-10-6-3-7-11-24/h2-20H,1H3. The molecule has 5 aromatic rings. The van der Waals surface area contributed by atoms with Crippen LogP contribution in [0.15, 0.2) is 109 Å². The smallest absolute Gasteiger partial charge is 0.289 e. The van der Waals surface area contributed by atoms with Crippen molar-refractivity contribution in [3.05, 3.63) is 114 Å². The fraction of sp³-hybridized carbons (Fsp3) is 0.0357.